The number of carbonyl (C=O) groups excluding carboxylic acids is 1. The number of fused-ring (bicyclic) bond motifs is 1. The molecule has 2 aliphatic heterocycles. The molecule has 0 N–H and O–H groups in total. The van der Waals surface area contributed by atoms with Gasteiger partial charge in [0.15, 0.2) is 0 Å². The summed E-state index contributed by atoms with van der Waals surface area (Å²) in [4.78, 5) is 19.1. The SMILES string of the molecule is CCO[C@H]1CSC2(C1)CN(C(=O)c1ccc3ccccc3n1)C2. The number of benzene rings is 1. The summed E-state index contributed by atoms with van der Waals surface area (Å²) in [6.07, 6.45) is 1.40. The molecule has 0 unspecified atom stereocenters. The fourth-order valence-electron chi connectivity index (χ4n) is 3.51. The predicted octanol–water partition coefficient (Wildman–Crippen LogP) is 2.97. The van der Waals surface area contributed by atoms with Crippen LogP contribution in [0.3, 0.4) is 0 Å². The van der Waals surface area contributed by atoms with E-state index in [2.05, 4.69) is 4.98 Å². The number of thioether (sulfide) groups is 1. The quantitative estimate of drug-likeness (QED) is 0.869. The third kappa shape index (κ3) is 2.72. The number of hydrogen-bond donors (Lipinski definition) is 0. The Balaban J connectivity index is 1.44. The molecule has 23 heavy (non-hydrogen) atoms. The maximum atomic E-state index is 12.6. The second-order valence-electron chi connectivity index (χ2n) is 6.33. The summed E-state index contributed by atoms with van der Waals surface area (Å²) in [7, 11) is 0. The number of carbonyl (C=O) groups is 1. The van der Waals surface area contributed by atoms with Gasteiger partial charge in [0.1, 0.15) is 5.69 Å². The number of rotatable bonds is 3. The summed E-state index contributed by atoms with van der Waals surface area (Å²) in [5, 5.41) is 1.06. The van der Waals surface area contributed by atoms with Crippen LogP contribution in [0.15, 0.2) is 36.4 Å². The van der Waals surface area contributed by atoms with Gasteiger partial charge in [0, 0.05) is 30.8 Å². The Labute approximate surface area is 140 Å². The average Bonchev–Trinajstić information content (AvgIpc) is 2.97. The first-order valence-corrected chi connectivity index (χ1v) is 9.08. The molecule has 3 heterocycles. The fraction of sp³-hybridized carbons (Fsp3) is 0.444. The van der Waals surface area contributed by atoms with Crippen molar-refractivity contribution in [2.45, 2.75) is 24.2 Å². The Morgan fingerprint density at radius 3 is 3.00 bits per heavy atom. The lowest BCUT2D eigenvalue weighted by molar-refractivity contribution is 0.0356. The van der Waals surface area contributed by atoms with Gasteiger partial charge in [-0.05, 0) is 25.5 Å². The Hall–Kier alpha value is -1.59. The lowest BCUT2D eigenvalue weighted by Gasteiger charge is -2.47. The molecule has 1 amide bonds. The van der Waals surface area contributed by atoms with Gasteiger partial charge in [-0.1, -0.05) is 24.3 Å². The van der Waals surface area contributed by atoms with Gasteiger partial charge in [-0.2, -0.15) is 0 Å². The van der Waals surface area contributed by atoms with E-state index in [4.69, 9.17) is 4.74 Å². The third-order valence-corrected chi connectivity index (χ3v) is 6.22. The van der Waals surface area contributed by atoms with Crippen LogP contribution in [0.1, 0.15) is 23.8 Å². The fourth-order valence-corrected chi connectivity index (χ4v) is 5.06. The van der Waals surface area contributed by atoms with E-state index in [-0.39, 0.29) is 10.7 Å². The van der Waals surface area contributed by atoms with E-state index in [1.807, 2.05) is 60.0 Å². The van der Waals surface area contributed by atoms with Gasteiger partial charge in [-0.15, -0.1) is 11.8 Å². The standard InChI is InChI=1S/C18H20N2O2S/c1-2-22-14-9-18(23-10-14)11-20(12-18)17(21)16-8-7-13-5-3-4-6-15(13)19-16/h3-8,14H,2,9-12H2,1H3/t14-/m1/s1. The summed E-state index contributed by atoms with van der Waals surface area (Å²) >= 11 is 1.96. The summed E-state index contributed by atoms with van der Waals surface area (Å²) in [6.45, 7) is 4.44. The molecule has 0 saturated carbocycles. The second-order valence-corrected chi connectivity index (χ2v) is 7.81. The van der Waals surface area contributed by atoms with Crippen molar-refractivity contribution in [3.63, 3.8) is 0 Å². The third-order valence-electron chi connectivity index (χ3n) is 4.64. The molecule has 2 aromatic rings. The van der Waals surface area contributed by atoms with Crippen molar-refractivity contribution >= 4 is 28.6 Å². The topological polar surface area (TPSA) is 42.4 Å². The molecule has 1 atom stereocenters. The highest BCUT2D eigenvalue weighted by molar-refractivity contribution is 8.01. The number of likely N-dealkylation sites (tertiary alicyclic amines) is 1. The number of pyridine rings is 1. The summed E-state index contributed by atoms with van der Waals surface area (Å²) in [5.41, 5.74) is 1.42. The van der Waals surface area contributed by atoms with Crippen molar-refractivity contribution in [3.8, 4) is 0 Å². The van der Waals surface area contributed by atoms with Crippen molar-refractivity contribution in [2.75, 3.05) is 25.4 Å². The van der Waals surface area contributed by atoms with Crippen LogP contribution >= 0.6 is 11.8 Å². The van der Waals surface area contributed by atoms with Gasteiger partial charge in [0.25, 0.3) is 5.91 Å². The van der Waals surface area contributed by atoms with E-state index >= 15 is 0 Å². The lowest BCUT2D eigenvalue weighted by Crippen LogP contribution is -2.60. The van der Waals surface area contributed by atoms with Crippen LogP contribution in [-0.2, 0) is 4.74 Å². The van der Waals surface area contributed by atoms with Gasteiger partial charge in [0.2, 0.25) is 0 Å². The predicted molar refractivity (Wildman–Crippen MR) is 92.9 cm³/mol. The zero-order valence-electron chi connectivity index (χ0n) is 13.2. The van der Waals surface area contributed by atoms with Crippen LogP contribution in [0.25, 0.3) is 10.9 Å². The smallest absolute Gasteiger partial charge is 0.272 e. The summed E-state index contributed by atoms with van der Waals surface area (Å²) in [6, 6.07) is 11.7. The Bertz CT molecular complexity index is 743. The Morgan fingerprint density at radius 1 is 1.35 bits per heavy atom. The van der Waals surface area contributed by atoms with E-state index in [9.17, 15) is 4.79 Å². The number of ether oxygens (including phenoxy) is 1. The first kappa shape index (κ1) is 15.0. The van der Waals surface area contributed by atoms with Crippen molar-refractivity contribution in [3.05, 3.63) is 42.1 Å². The molecule has 2 saturated heterocycles. The molecule has 2 fully saturated rings. The highest BCUT2D eigenvalue weighted by atomic mass is 32.2. The minimum atomic E-state index is 0.0434. The lowest BCUT2D eigenvalue weighted by atomic mass is 9.92. The molecule has 1 aromatic heterocycles. The minimum Gasteiger partial charge on any atom is -0.378 e. The van der Waals surface area contributed by atoms with Crippen LogP contribution < -0.4 is 0 Å². The monoisotopic (exact) mass is 328 g/mol. The van der Waals surface area contributed by atoms with E-state index < -0.39 is 0 Å². The highest BCUT2D eigenvalue weighted by Crippen LogP contribution is 2.46. The molecular formula is C18H20N2O2S. The van der Waals surface area contributed by atoms with Crippen LogP contribution in [-0.4, -0.2) is 52.1 Å². The molecule has 4 nitrogen and oxygen atoms in total. The molecule has 120 valence electrons. The number of amides is 1. The van der Waals surface area contributed by atoms with Crippen LogP contribution in [0.4, 0.5) is 0 Å². The average molecular weight is 328 g/mol. The molecule has 4 rings (SSSR count). The number of hydrogen-bond acceptors (Lipinski definition) is 4. The zero-order chi connectivity index (χ0) is 15.9. The van der Waals surface area contributed by atoms with Crippen LogP contribution in [0.5, 0.6) is 0 Å². The van der Waals surface area contributed by atoms with Crippen LogP contribution in [0, 0.1) is 0 Å². The second kappa shape index (κ2) is 5.80. The molecule has 0 aliphatic carbocycles. The van der Waals surface area contributed by atoms with E-state index in [1.165, 1.54) is 0 Å². The van der Waals surface area contributed by atoms with Crippen LogP contribution in [0.2, 0.25) is 0 Å². The first-order chi connectivity index (χ1) is 11.2. The van der Waals surface area contributed by atoms with Gasteiger partial charge >= 0.3 is 0 Å². The van der Waals surface area contributed by atoms with Gasteiger partial charge < -0.3 is 9.64 Å². The first-order valence-electron chi connectivity index (χ1n) is 8.10. The van der Waals surface area contributed by atoms with Crippen molar-refractivity contribution in [1.82, 2.24) is 9.88 Å². The van der Waals surface area contributed by atoms with Crippen molar-refractivity contribution in [2.24, 2.45) is 0 Å². The van der Waals surface area contributed by atoms with E-state index in [0.717, 1.165) is 42.8 Å². The number of nitrogens with zero attached hydrogens (tertiary/aromatic N) is 2. The normalized spacial score (nSPS) is 22.5. The largest absolute Gasteiger partial charge is 0.378 e. The molecule has 0 radical (unpaired) electrons. The van der Waals surface area contributed by atoms with Gasteiger partial charge in [-0.25, -0.2) is 4.98 Å². The highest BCUT2D eigenvalue weighted by Gasteiger charge is 2.51. The summed E-state index contributed by atoms with van der Waals surface area (Å²) < 4.78 is 5.94. The maximum absolute atomic E-state index is 12.6. The molecule has 0 bridgehead atoms. The maximum Gasteiger partial charge on any atom is 0.272 e. The van der Waals surface area contributed by atoms with Gasteiger partial charge in [0.05, 0.1) is 16.4 Å². The molecule has 1 aromatic carbocycles. The molecular weight excluding hydrogens is 308 g/mol. The van der Waals surface area contributed by atoms with Crippen molar-refractivity contribution < 1.29 is 9.53 Å². The molecule has 1 spiro atoms. The van der Waals surface area contributed by atoms with Crippen molar-refractivity contribution in [1.29, 1.82) is 0 Å². The number of para-hydroxylation sites is 1. The van der Waals surface area contributed by atoms with Gasteiger partial charge in [-0.3, -0.25) is 4.79 Å². The van der Waals surface area contributed by atoms with E-state index in [1.54, 1.807) is 0 Å². The zero-order valence-corrected chi connectivity index (χ0v) is 14.0. The summed E-state index contributed by atoms with van der Waals surface area (Å²) in [5.74, 6) is 1.09. The molecule has 5 heteroatoms. The Kier molecular flexibility index (Phi) is 3.77. The number of aromatic nitrogens is 1. The minimum absolute atomic E-state index is 0.0434. The molecule has 2 aliphatic rings. The van der Waals surface area contributed by atoms with E-state index in [0.29, 0.717) is 11.8 Å². The Morgan fingerprint density at radius 2 is 2.17 bits per heavy atom.